The average molecular weight is 449 g/mol. The van der Waals surface area contributed by atoms with Gasteiger partial charge in [0.1, 0.15) is 5.54 Å². The van der Waals surface area contributed by atoms with Gasteiger partial charge in [0.2, 0.25) is 11.8 Å². The number of nitrogens with one attached hydrogen (secondary N) is 2. The Kier molecular flexibility index (Phi) is 6.18. The number of carbonyl (C=O) groups is 4. The van der Waals surface area contributed by atoms with E-state index in [0.717, 1.165) is 16.1 Å². The first kappa shape index (κ1) is 22.5. The van der Waals surface area contributed by atoms with Crippen molar-refractivity contribution < 1.29 is 19.2 Å². The predicted octanol–water partition coefficient (Wildman–Crippen LogP) is 2.57. The number of aryl methyl sites for hydroxylation is 1. The van der Waals surface area contributed by atoms with Gasteiger partial charge in [0.25, 0.3) is 5.91 Å². The van der Waals surface area contributed by atoms with Crippen LogP contribution in [0.5, 0.6) is 0 Å². The van der Waals surface area contributed by atoms with E-state index in [2.05, 4.69) is 10.7 Å². The summed E-state index contributed by atoms with van der Waals surface area (Å²) in [4.78, 5) is 52.6. The highest BCUT2D eigenvalue weighted by atomic mass is 16.2. The first-order valence-electron chi connectivity index (χ1n) is 11.1. The van der Waals surface area contributed by atoms with Crippen LogP contribution in [0.4, 0.5) is 4.79 Å². The molecule has 172 valence electrons. The van der Waals surface area contributed by atoms with Crippen LogP contribution in [0.2, 0.25) is 0 Å². The van der Waals surface area contributed by atoms with Gasteiger partial charge < -0.3 is 10.2 Å². The van der Waals surface area contributed by atoms with Crippen LogP contribution in [-0.2, 0) is 20.8 Å². The minimum absolute atomic E-state index is 0.0396. The molecule has 0 saturated carbocycles. The summed E-state index contributed by atoms with van der Waals surface area (Å²) in [5.74, 6) is -1.78. The van der Waals surface area contributed by atoms with Crippen molar-refractivity contribution in [3.05, 3.63) is 71.8 Å². The van der Waals surface area contributed by atoms with E-state index in [0.29, 0.717) is 12.8 Å². The minimum atomic E-state index is -1.11. The minimum Gasteiger partial charge on any atom is -0.335 e. The van der Waals surface area contributed by atoms with Crippen molar-refractivity contribution in [2.24, 2.45) is 5.92 Å². The second-order valence-electron chi connectivity index (χ2n) is 8.90. The number of carbonyl (C=O) groups excluding carboxylic acids is 4. The molecule has 2 N–H and O–H groups in total. The van der Waals surface area contributed by atoms with Crippen LogP contribution < -0.4 is 10.7 Å². The summed E-state index contributed by atoms with van der Waals surface area (Å²) in [6, 6.07) is 18.4. The number of amides is 5. The van der Waals surface area contributed by atoms with Crippen LogP contribution in [0.15, 0.2) is 60.7 Å². The van der Waals surface area contributed by atoms with Gasteiger partial charge in [-0.2, -0.15) is 5.01 Å². The summed E-state index contributed by atoms with van der Waals surface area (Å²) in [5.41, 5.74) is 3.37. The molecule has 0 radical (unpaired) electrons. The maximum absolute atomic E-state index is 13.0. The molecule has 2 aromatic carbocycles. The van der Waals surface area contributed by atoms with Crippen LogP contribution in [0.1, 0.15) is 43.9 Å². The van der Waals surface area contributed by atoms with Crippen molar-refractivity contribution in [2.45, 2.75) is 44.7 Å². The molecular formula is C25H28N4O4. The fourth-order valence-corrected chi connectivity index (χ4v) is 4.39. The Labute approximate surface area is 192 Å². The van der Waals surface area contributed by atoms with Gasteiger partial charge >= 0.3 is 6.03 Å². The van der Waals surface area contributed by atoms with Crippen molar-refractivity contribution in [3.63, 3.8) is 0 Å². The Morgan fingerprint density at radius 2 is 1.73 bits per heavy atom. The maximum atomic E-state index is 13.0. The van der Waals surface area contributed by atoms with E-state index in [1.807, 2.05) is 67.6 Å². The van der Waals surface area contributed by atoms with Gasteiger partial charge in [-0.15, -0.1) is 0 Å². The summed E-state index contributed by atoms with van der Waals surface area (Å²) in [5, 5.41) is 3.45. The van der Waals surface area contributed by atoms with Crippen LogP contribution in [0, 0.1) is 5.92 Å². The Hall–Kier alpha value is -3.68. The van der Waals surface area contributed by atoms with E-state index in [-0.39, 0.29) is 24.9 Å². The van der Waals surface area contributed by atoms with E-state index in [9.17, 15) is 19.2 Å². The molecule has 4 rings (SSSR count). The number of hydrogen-bond donors (Lipinski definition) is 2. The quantitative estimate of drug-likeness (QED) is 0.636. The molecule has 0 spiro atoms. The maximum Gasteiger partial charge on any atom is 0.344 e. The molecule has 8 nitrogen and oxygen atoms in total. The number of rotatable bonds is 7. The predicted molar refractivity (Wildman–Crippen MR) is 121 cm³/mol. The standard InChI is InChI=1S/C25H28N4O4/c1-17(19-11-7-4-8-12-19)28-16-20(15-21(28)30)22(31)27-29-23(32)25(2,26-24(29)33)14-13-18-9-5-3-6-10-18/h3-12,17,20H,13-16H2,1-2H3,(H,26,33)(H,27,31). The number of benzene rings is 2. The molecule has 2 aliphatic rings. The summed E-state index contributed by atoms with van der Waals surface area (Å²) >= 11 is 0. The molecule has 2 aliphatic heterocycles. The second-order valence-corrected chi connectivity index (χ2v) is 8.90. The van der Waals surface area contributed by atoms with Gasteiger partial charge in [0, 0.05) is 13.0 Å². The highest BCUT2D eigenvalue weighted by Gasteiger charge is 2.49. The van der Waals surface area contributed by atoms with Gasteiger partial charge in [-0.1, -0.05) is 60.7 Å². The highest BCUT2D eigenvalue weighted by Crippen LogP contribution is 2.29. The Bertz CT molecular complexity index is 1060. The number of hydrogen-bond acceptors (Lipinski definition) is 4. The molecule has 3 unspecified atom stereocenters. The van der Waals surface area contributed by atoms with Gasteiger partial charge in [-0.05, 0) is 37.8 Å². The summed E-state index contributed by atoms with van der Waals surface area (Å²) < 4.78 is 0. The molecule has 0 aliphatic carbocycles. The molecular weight excluding hydrogens is 420 g/mol. The smallest absolute Gasteiger partial charge is 0.335 e. The van der Waals surface area contributed by atoms with Gasteiger partial charge in [-0.25, -0.2) is 4.79 Å². The van der Waals surface area contributed by atoms with E-state index < -0.39 is 29.3 Å². The number of hydrazine groups is 1. The van der Waals surface area contributed by atoms with Gasteiger partial charge in [0.05, 0.1) is 12.0 Å². The molecule has 2 aromatic rings. The van der Waals surface area contributed by atoms with Crippen LogP contribution >= 0.6 is 0 Å². The third kappa shape index (κ3) is 4.60. The lowest BCUT2D eigenvalue weighted by Gasteiger charge is -2.25. The molecule has 33 heavy (non-hydrogen) atoms. The van der Waals surface area contributed by atoms with Crippen molar-refractivity contribution >= 4 is 23.8 Å². The van der Waals surface area contributed by atoms with Crippen LogP contribution in [0.25, 0.3) is 0 Å². The van der Waals surface area contributed by atoms with Crippen molar-refractivity contribution in [3.8, 4) is 0 Å². The number of urea groups is 1. The van der Waals surface area contributed by atoms with Gasteiger partial charge in [0.15, 0.2) is 0 Å². The molecule has 5 amide bonds. The average Bonchev–Trinajstić information content (AvgIpc) is 3.31. The van der Waals surface area contributed by atoms with Crippen molar-refractivity contribution in [1.29, 1.82) is 0 Å². The zero-order valence-corrected chi connectivity index (χ0v) is 18.8. The molecule has 2 saturated heterocycles. The van der Waals surface area contributed by atoms with E-state index in [1.54, 1.807) is 11.8 Å². The first-order valence-corrected chi connectivity index (χ1v) is 11.1. The number of imide groups is 1. The summed E-state index contributed by atoms with van der Waals surface area (Å²) in [6.07, 6.45) is 1.05. The normalized spacial score (nSPS) is 23.6. The van der Waals surface area contributed by atoms with E-state index in [1.165, 1.54) is 0 Å². The highest BCUT2D eigenvalue weighted by molar-refractivity contribution is 6.08. The topological polar surface area (TPSA) is 98.8 Å². The first-order chi connectivity index (χ1) is 15.8. The number of nitrogens with zero attached hydrogens (tertiary/aromatic N) is 2. The Balaban J connectivity index is 1.37. The lowest BCUT2D eigenvalue weighted by atomic mass is 9.93. The Morgan fingerprint density at radius 1 is 1.09 bits per heavy atom. The number of likely N-dealkylation sites (tertiary alicyclic amines) is 1. The largest absolute Gasteiger partial charge is 0.344 e. The molecule has 3 atom stereocenters. The fourth-order valence-electron chi connectivity index (χ4n) is 4.39. The summed E-state index contributed by atoms with van der Waals surface area (Å²) in [7, 11) is 0. The Morgan fingerprint density at radius 3 is 2.39 bits per heavy atom. The van der Waals surface area contributed by atoms with E-state index in [4.69, 9.17) is 0 Å². The molecule has 2 fully saturated rings. The van der Waals surface area contributed by atoms with Crippen LogP contribution in [0.3, 0.4) is 0 Å². The lowest BCUT2D eigenvalue weighted by molar-refractivity contribution is -0.140. The lowest BCUT2D eigenvalue weighted by Crippen LogP contribution is -2.50. The van der Waals surface area contributed by atoms with E-state index >= 15 is 0 Å². The van der Waals surface area contributed by atoms with Crippen molar-refractivity contribution in [2.75, 3.05) is 6.54 Å². The molecule has 0 bridgehead atoms. The molecule has 2 heterocycles. The van der Waals surface area contributed by atoms with Crippen LogP contribution in [-0.4, -0.2) is 45.7 Å². The van der Waals surface area contributed by atoms with Crippen molar-refractivity contribution in [1.82, 2.24) is 20.7 Å². The fraction of sp³-hybridized carbons (Fsp3) is 0.360. The third-order valence-corrected chi connectivity index (χ3v) is 6.52. The SMILES string of the molecule is CC(c1ccccc1)N1CC(C(=O)NN2C(=O)NC(C)(CCc3ccccc3)C2=O)CC1=O. The zero-order valence-electron chi connectivity index (χ0n) is 18.8. The molecule has 0 aromatic heterocycles. The zero-order chi connectivity index (χ0) is 23.6. The van der Waals surface area contributed by atoms with Gasteiger partial charge in [-0.3, -0.25) is 19.8 Å². The second kappa shape index (κ2) is 9.05. The monoisotopic (exact) mass is 448 g/mol. The summed E-state index contributed by atoms with van der Waals surface area (Å²) in [6.45, 7) is 3.81. The molecule has 8 heteroatoms. The third-order valence-electron chi connectivity index (χ3n) is 6.52.